The summed E-state index contributed by atoms with van der Waals surface area (Å²) in [6.45, 7) is 5.56. The van der Waals surface area contributed by atoms with Crippen LogP contribution in [0, 0.1) is 18.7 Å². The van der Waals surface area contributed by atoms with Crippen molar-refractivity contribution >= 4 is 39.7 Å². The molecule has 1 unspecified atom stereocenters. The summed E-state index contributed by atoms with van der Waals surface area (Å²) < 4.78 is 13.9. The lowest BCUT2D eigenvalue weighted by Crippen LogP contribution is -2.39. The Bertz CT molecular complexity index is 764. The molecule has 2 heterocycles. The summed E-state index contributed by atoms with van der Waals surface area (Å²) in [6.07, 6.45) is 2.18. The number of amides is 1. The lowest BCUT2D eigenvalue weighted by atomic mass is 10.00. The molecule has 1 aliphatic rings. The first-order valence-corrected chi connectivity index (χ1v) is 9.12. The Kier molecular flexibility index (Phi) is 5.06. The van der Waals surface area contributed by atoms with E-state index in [9.17, 15) is 9.18 Å². The Morgan fingerprint density at radius 1 is 1.50 bits per heavy atom. The van der Waals surface area contributed by atoms with Gasteiger partial charge in [0.25, 0.3) is 5.91 Å². The molecule has 3 rings (SSSR count). The fraction of sp³-hybridized carbons (Fsp3) is 0.412. The molecule has 1 saturated heterocycles. The topological polar surface area (TPSA) is 45.2 Å². The molecule has 2 aromatic rings. The molecule has 128 valence electrons. The van der Waals surface area contributed by atoms with Crippen LogP contribution in [0.4, 0.5) is 15.2 Å². The lowest BCUT2D eigenvalue weighted by molar-refractivity contribution is 0.0677. The van der Waals surface area contributed by atoms with Gasteiger partial charge in [-0.05, 0) is 43.9 Å². The number of aromatic nitrogens is 1. The maximum Gasteiger partial charge on any atom is 0.273 e. The highest BCUT2D eigenvalue weighted by atomic mass is 35.5. The first kappa shape index (κ1) is 17.2. The quantitative estimate of drug-likeness (QED) is 0.842. The number of anilines is 2. The molecular weight excluding hydrogens is 349 g/mol. The third-order valence-corrected chi connectivity index (χ3v) is 5.24. The van der Waals surface area contributed by atoms with Crippen molar-refractivity contribution in [3.05, 3.63) is 39.6 Å². The maximum absolute atomic E-state index is 13.9. The number of hydrogen-bond donors (Lipinski definition) is 1. The molecule has 0 saturated carbocycles. The third kappa shape index (κ3) is 3.70. The molecule has 0 aliphatic carbocycles. The molecule has 0 spiro atoms. The fourth-order valence-electron chi connectivity index (χ4n) is 2.88. The van der Waals surface area contributed by atoms with E-state index in [1.807, 2.05) is 11.8 Å². The average Bonchev–Trinajstić information content (AvgIpc) is 2.90. The predicted octanol–water partition coefficient (Wildman–Crippen LogP) is 4.86. The summed E-state index contributed by atoms with van der Waals surface area (Å²) >= 11 is 7.10. The van der Waals surface area contributed by atoms with Gasteiger partial charge < -0.3 is 10.2 Å². The minimum Gasteiger partial charge on any atom is -0.337 e. The van der Waals surface area contributed by atoms with E-state index in [-0.39, 0.29) is 5.91 Å². The summed E-state index contributed by atoms with van der Waals surface area (Å²) in [5.74, 6) is 0.0235. The molecule has 1 aromatic carbocycles. The van der Waals surface area contributed by atoms with Crippen LogP contribution in [0.25, 0.3) is 0 Å². The zero-order chi connectivity index (χ0) is 17.3. The number of likely N-dealkylation sites (tertiary alicyclic amines) is 1. The van der Waals surface area contributed by atoms with Gasteiger partial charge in [0.2, 0.25) is 0 Å². The summed E-state index contributed by atoms with van der Waals surface area (Å²) in [5.41, 5.74) is 0.740. The van der Waals surface area contributed by atoms with Crippen molar-refractivity contribution < 1.29 is 9.18 Å². The highest BCUT2D eigenvalue weighted by Crippen LogP contribution is 2.29. The van der Waals surface area contributed by atoms with Crippen molar-refractivity contribution in [3.63, 3.8) is 0 Å². The summed E-state index contributed by atoms with van der Waals surface area (Å²) in [6, 6.07) is 4.41. The second-order valence-electron chi connectivity index (χ2n) is 6.17. The van der Waals surface area contributed by atoms with Gasteiger partial charge in [0.1, 0.15) is 11.5 Å². The highest BCUT2D eigenvalue weighted by Gasteiger charge is 2.25. The van der Waals surface area contributed by atoms with Gasteiger partial charge >= 0.3 is 0 Å². The van der Waals surface area contributed by atoms with Crippen molar-refractivity contribution in [3.8, 4) is 0 Å². The summed E-state index contributed by atoms with van der Waals surface area (Å²) in [7, 11) is 0. The van der Waals surface area contributed by atoms with Crippen LogP contribution >= 0.6 is 22.9 Å². The molecule has 1 fully saturated rings. The molecule has 0 radical (unpaired) electrons. The first-order chi connectivity index (χ1) is 11.4. The minimum absolute atomic E-state index is 0.0417. The number of carbonyl (C=O) groups excluding carboxylic acids is 1. The average molecular weight is 368 g/mol. The lowest BCUT2D eigenvalue weighted by Gasteiger charge is -2.30. The van der Waals surface area contributed by atoms with E-state index < -0.39 is 5.82 Å². The third-order valence-electron chi connectivity index (χ3n) is 4.12. The monoisotopic (exact) mass is 367 g/mol. The number of piperidine rings is 1. The molecule has 4 nitrogen and oxygen atoms in total. The van der Waals surface area contributed by atoms with Crippen molar-refractivity contribution in [2.45, 2.75) is 26.7 Å². The van der Waals surface area contributed by atoms with E-state index >= 15 is 0 Å². The first-order valence-electron chi connectivity index (χ1n) is 7.93. The molecule has 7 heteroatoms. The molecule has 1 N–H and O–H groups in total. The van der Waals surface area contributed by atoms with Gasteiger partial charge in [-0.3, -0.25) is 4.79 Å². The van der Waals surface area contributed by atoms with E-state index in [1.165, 1.54) is 17.4 Å². The van der Waals surface area contributed by atoms with E-state index in [2.05, 4.69) is 17.2 Å². The number of aryl methyl sites for hydroxylation is 1. The highest BCUT2D eigenvalue weighted by molar-refractivity contribution is 7.15. The van der Waals surface area contributed by atoms with Crippen LogP contribution in [0.1, 0.15) is 35.1 Å². The molecule has 1 aliphatic heterocycles. The van der Waals surface area contributed by atoms with Crippen LogP contribution < -0.4 is 5.32 Å². The Balaban J connectivity index is 1.78. The molecule has 1 amide bonds. The van der Waals surface area contributed by atoms with Gasteiger partial charge in [-0.1, -0.05) is 18.5 Å². The zero-order valence-electron chi connectivity index (χ0n) is 13.6. The fourth-order valence-corrected chi connectivity index (χ4v) is 3.85. The number of hydrogen-bond acceptors (Lipinski definition) is 4. The number of halogens is 2. The van der Waals surface area contributed by atoms with Crippen LogP contribution in [0.15, 0.2) is 18.2 Å². The van der Waals surface area contributed by atoms with E-state index in [0.29, 0.717) is 27.5 Å². The van der Waals surface area contributed by atoms with E-state index in [1.54, 1.807) is 12.1 Å². The van der Waals surface area contributed by atoms with Gasteiger partial charge in [-0.15, -0.1) is 11.3 Å². The Morgan fingerprint density at radius 3 is 3.00 bits per heavy atom. The maximum atomic E-state index is 13.9. The van der Waals surface area contributed by atoms with Crippen LogP contribution in [-0.2, 0) is 0 Å². The van der Waals surface area contributed by atoms with E-state index in [4.69, 9.17) is 11.6 Å². The Hall–Kier alpha value is -1.66. The van der Waals surface area contributed by atoms with Crippen molar-refractivity contribution in [1.29, 1.82) is 0 Å². The van der Waals surface area contributed by atoms with Crippen molar-refractivity contribution in [2.75, 3.05) is 18.4 Å². The van der Waals surface area contributed by atoms with Crippen LogP contribution in [0.2, 0.25) is 5.02 Å². The second-order valence-corrected chi connectivity index (χ2v) is 7.81. The smallest absolute Gasteiger partial charge is 0.273 e. The normalized spacial score (nSPS) is 17.8. The number of thiazole rings is 1. The van der Waals surface area contributed by atoms with E-state index in [0.717, 1.165) is 30.8 Å². The van der Waals surface area contributed by atoms with Gasteiger partial charge in [0.05, 0.1) is 5.69 Å². The van der Waals surface area contributed by atoms with Crippen LogP contribution in [-0.4, -0.2) is 28.9 Å². The predicted molar refractivity (Wildman–Crippen MR) is 95.8 cm³/mol. The second kappa shape index (κ2) is 7.07. The number of benzene rings is 1. The SMILES string of the molecule is Cc1sc(Nc2ccc(Cl)cc2F)nc1C(=O)N1CCCC(C)C1. The van der Waals surface area contributed by atoms with Crippen LogP contribution in [0.5, 0.6) is 0 Å². The van der Waals surface area contributed by atoms with Gasteiger partial charge in [0.15, 0.2) is 5.13 Å². The van der Waals surface area contributed by atoms with Crippen molar-refractivity contribution in [2.24, 2.45) is 5.92 Å². The van der Waals surface area contributed by atoms with Gasteiger partial charge in [0, 0.05) is 23.0 Å². The molecule has 1 atom stereocenters. The molecule has 24 heavy (non-hydrogen) atoms. The summed E-state index contributed by atoms with van der Waals surface area (Å²) in [5, 5.41) is 3.77. The number of nitrogens with one attached hydrogen (secondary N) is 1. The van der Waals surface area contributed by atoms with Gasteiger partial charge in [-0.25, -0.2) is 9.37 Å². The summed E-state index contributed by atoms with van der Waals surface area (Å²) in [4.78, 5) is 19.8. The van der Waals surface area contributed by atoms with Crippen LogP contribution in [0.3, 0.4) is 0 Å². The Morgan fingerprint density at radius 2 is 2.29 bits per heavy atom. The molecule has 1 aromatic heterocycles. The number of carbonyl (C=O) groups is 1. The molecular formula is C17H19ClFN3OS. The minimum atomic E-state index is -0.451. The zero-order valence-corrected chi connectivity index (χ0v) is 15.2. The van der Waals surface area contributed by atoms with Crippen molar-refractivity contribution in [1.82, 2.24) is 9.88 Å². The number of rotatable bonds is 3. The molecule has 0 bridgehead atoms. The Labute approximate surface area is 149 Å². The van der Waals surface area contributed by atoms with Gasteiger partial charge in [-0.2, -0.15) is 0 Å². The largest absolute Gasteiger partial charge is 0.337 e. The standard InChI is InChI=1S/C17H19ClFN3OS/c1-10-4-3-7-22(9-10)16(23)15-11(2)24-17(21-15)20-14-6-5-12(18)8-13(14)19/h5-6,8,10H,3-4,7,9H2,1-2H3,(H,20,21). The number of nitrogens with zero attached hydrogens (tertiary/aromatic N) is 2.